The number of aryl methyl sites for hydroxylation is 2. The van der Waals surface area contributed by atoms with Crippen molar-refractivity contribution in [3.63, 3.8) is 0 Å². The van der Waals surface area contributed by atoms with Crippen molar-refractivity contribution >= 4 is 28.2 Å². The second-order valence-electron chi connectivity index (χ2n) is 5.93. The number of fused-ring (bicyclic) bond motifs is 1. The molecular weight excluding hydrogens is 324 g/mol. The molecule has 2 aromatic heterocycles. The fraction of sp³-hybridized carbons (Fsp3) is 0.333. The fourth-order valence-electron chi connectivity index (χ4n) is 3.13. The molecule has 0 N–H and O–H groups in total. The number of nitrogens with zero attached hydrogens (tertiary/aromatic N) is 2. The Morgan fingerprint density at radius 2 is 2.17 bits per heavy atom. The first kappa shape index (κ1) is 15.4. The Balaban J connectivity index is 1.71. The van der Waals surface area contributed by atoms with Crippen LogP contribution in [0.3, 0.4) is 0 Å². The van der Waals surface area contributed by atoms with Gasteiger partial charge in [0.1, 0.15) is 5.58 Å². The maximum Gasteiger partial charge on any atom is 0.290 e. The Bertz CT molecular complexity index is 899. The summed E-state index contributed by atoms with van der Waals surface area (Å²) in [6.07, 6.45) is 0. The van der Waals surface area contributed by atoms with E-state index in [0.717, 1.165) is 27.2 Å². The van der Waals surface area contributed by atoms with Crippen LogP contribution in [0.25, 0.3) is 11.0 Å². The number of amides is 1. The van der Waals surface area contributed by atoms with Gasteiger partial charge in [0, 0.05) is 22.9 Å². The van der Waals surface area contributed by atoms with Gasteiger partial charge < -0.3 is 14.1 Å². The van der Waals surface area contributed by atoms with Crippen molar-refractivity contribution in [3.05, 3.63) is 51.7 Å². The van der Waals surface area contributed by atoms with Crippen LogP contribution in [0.4, 0.5) is 0 Å². The van der Waals surface area contributed by atoms with Crippen molar-refractivity contribution in [1.82, 2.24) is 9.88 Å². The molecule has 1 fully saturated rings. The van der Waals surface area contributed by atoms with Gasteiger partial charge in [-0.1, -0.05) is 18.2 Å². The number of rotatable bonds is 2. The molecular formula is C18H18N2O3S. The van der Waals surface area contributed by atoms with E-state index in [2.05, 4.69) is 4.98 Å². The first-order valence-electron chi connectivity index (χ1n) is 7.94. The smallest absolute Gasteiger partial charge is 0.290 e. The molecule has 0 spiro atoms. The minimum absolute atomic E-state index is 0.0948. The number of carbonyl (C=O) groups excluding carboxylic acids is 1. The SMILES string of the molecule is Cc1nc([C@H]2COCCN2C(=O)c2oc3ccccc3c2C)cs1. The summed E-state index contributed by atoms with van der Waals surface area (Å²) in [5, 5.41) is 3.97. The van der Waals surface area contributed by atoms with Gasteiger partial charge in [-0.05, 0) is 19.9 Å². The number of thiazole rings is 1. The van der Waals surface area contributed by atoms with Crippen molar-refractivity contribution in [3.8, 4) is 0 Å². The van der Waals surface area contributed by atoms with E-state index in [-0.39, 0.29) is 11.9 Å². The van der Waals surface area contributed by atoms with Crippen LogP contribution in [0, 0.1) is 13.8 Å². The van der Waals surface area contributed by atoms with E-state index in [1.807, 2.05) is 48.4 Å². The molecule has 3 heterocycles. The van der Waals surface area contributed by atoms with Gasteiger partial charge in [0.2, 0.25) is 0 Å². The van der Waals surface area contributed by atoms with Gasteiger partial charge in [-0.25, -0.2) is 4.98 Å². The number of ether oxygens (including phenoxy) is 1. The number of morpholine rings is 1. The molecule has 6 heteroatoms. The third-order valence-electron chi connectivity index (χ3n) is 4.41. The normalized spacial score (nSPS) is 18.2. The Kier molecular flexibility index (Phi) is 3.86. The molecule has 1 saturated heterocycles. The topological polar surface area (TPSA) is 55.6 Å². The van der Waals surface area contributed by atoms with Gasteiger partial charge >= 0.3 is 0 Å². The first-order valence-corrected chi connectivity index (χ1v) is 8.82. The van der Waals surface area contributed by atoms with Crippen LogP contribution in [0.15, 0.2) is 34.1 Å². The van der Waals surface area contributed by atoms with Gasteiger partial charge in [-0.2, -0.15) is 0 Å². The van der Waals surface area contributed by atoms with Crippen LogP contribution in [-0.4, -0.2) is 35.5 Å². The number of benzene rings is 1. The Labute approximate surface area is 143 Å². The van der Waals surface area contributed by atoms with Gasteiger partial charge in [0.05, 0.1) is 30.0 Å². The molecule has 0 bridgehead atoms. The highest BCUT2D eigenvalue weighted by Crippen LogP contribution is 2.31. The highest BCUT2D eigenvalue weighted by molar-refractivity contribution is 7.09. The van der Waals surface area contributed by atoms with E-state index >= 15 is 0 Å². The van der Waals surface area contributed by atoms with E-state index in [1.54, 1.807) is 11.3 Å². The zero-order valence-corrected chi connectivity index (χ0v) is 14.4. The summed E-state index contributed by atoms with van der Waals surface area (Å²) in [4.78, 5) is 19.5. The lowest BCUT2D eigenvalue weighted by Gasteiger charge is -2.34. The average molecular weight is 342 g/mol. The molecule has 0 unspecified atom stereocenters. The number of furan rings is 1. The summed E-state index contributed by atoms with van der Waals surface area (Å²) in [5.74, 6) is 0.317. The minimum Gasteiger partial charge on any atom is -0.451 e. The molecule has 4 rings (SSSR count). The first-order chi connectivity index (χ1) is 11.6. The molecule has 24 heavy (non-hydrogen) atoms. The summed E-state index contributed by atoms with van der Waals surface area (Å²) in [5.41, 5.74) is 2.52. The standard InChI is InChI=1S/C18H18N2O3S/c1-11-13-5-3-4-6-16(13)23-17(11)18(21)20-7-8-22-9-15(20)14-10-24-12(2)19-14/h3-6,10,15H,7-9H2,1-2H3/t15-/m1/s1. The second-order valence-corrected chi connectivity index (χ2v) is 7.00. The number of hydrogen-bond acceptors (Lipinski definition) is 5. The third kappa shape index (κ3) is 2.52. The Hall–Kier alpha value is -2.18. The highest BCUT2D eigenvalue weighted by Gasteiger charge is 2.33. The minimum atomic E-state index is -0.163. The Morgan fingerprint density at radius 1 is 1.33 bits per heavy atom. The highest BCUT2D eigenvalue weighted by atomic mass is 32.1. The average Bonchev–Trinajstić information content (AvgIpc) is 3.18. The second kappa shape index (κ2) is 6.03. The number of para-hydroxylation sites is 1. The van der Waals surface area contributed by atoms with Crippen molar-refractivity contribution in [2.75, 3.05) is 19.8 Å². The molecule has 1 aliphatic heterocycles. The largest absolute Gasteiger partial charge is 0.451 e. The lowest BCUT2D eigenvalue weighted by atomic mass is 10.1. The monoisotopic (exact) mass is 342 g/mol. The zero-order valence-electron chi connectivity index (χ0n) is 13.6. The zero-order chi connectivity index (χ0) is 16.7. The Morgan fingerprint density at radius 3 is 2.92 bits per heavy atom. The molecule has 0 aliphatic carbocycles. The van der Waals surface area contributed by atoms with Crippen LogP contribution in [0.2, 0.25) is 0 Å². The third-order valence-corrected chi connectivity index (χ3v) is 5.20. The van der Waals surface area contributed by atoms with E-state index < -0.39 is 0 Å². The molecule has 0 radical (unpaired) electrons. The van der Waals surface area contributed by atoms with Crippen LogP contribution in [0.5, 0.6) is 0 Å². The van der Waals surface area contributed by atoms with Gasteiger partial charge in [-0.15, -0.1) is 11.3 Å². The van der Waals surface area contributed by atoms with Crippen LogP contribution >= 0.6 is 11.3 Å². The van der Waals surface area contributed by atoms with Gasteiger partial charge in [-0.3, -0.25) is 4.79 Å². The summed E-state index contributed by atoms with van der Waals surface area (Å²) in [6.45, 7) is 5.43. The summed E-state index contributed by atoms with van der Waals surface area (Å²) in [7, 11) is 0. The lowest BCUT2D eigenvalue weighted by Crippen LogP contribution is -2.43. The van der Waals surface area contributed by atoms with Crippen LogP contribution in [-0.2, 0) is 4.74 Å². The van der Waals surface area contributed by atoms with E-state index in [0.29, 0.717) is 25.5 Å². The predicted molar refractivity (Wildman–Crippen MR) is 92.4 cm³/mol. The van der Waals surface area contributed by atoms with E-state index in [1.165, 1.54) is 0 Å². The van der Waals surface area contributed by atoms with Crippen LogP contribution < -0.4 is 0 Å². The summed E-state index contributed by atoms with van der Waals surface area (Å²) >= 11 is 1.59. The van der Waals surface area contributed by atoms with Crippen molar-refractivity contribution in [2.24, 2.45) is 0 Å². The number of aromatic nitrogens is 1. The van der Waals surface area contributed by atoms with Crippen molar-refractivity contribution in [1.29, 1.82) is 0 Å². The van der Waals surface area contributed by atoms with Crippen LogP contribution in [0.1, 0.15) is 32.9 Å². The molecule has 124 valence electrons. The maximum absolute atomic E-state index is 13.1. The molecule has 1 aromatic carbocycles. The van der Waals surface area contributed by atoms with Gasteiger partial charge in [0.15, 0.2) is 5.76 Å². The lowest BCUT2D eigenvalue weighted by molar-refractivity contribution is -0.00525. The number of hydrogen-bond donors (Lipinski definition) is 0. The van der Waals surface area contributed by atoms with Crippen molar-refractivity contribution in [2.45, 2.75) is 19.9 Å². The molecule has 1 atom stereocenters. The number of carbonyl (C=O) groups is 1. The molecule has 0 saturated carbocycles. The maximum atomic E-state index is 13.1. The molecule has 3 aromatic rings. The predicted octanol–water partition coefficient (Wildman–Crippen LogP) is 3.72. The molecule has 1 amide bonds. The summed E-state index contributed by atoms with van der Waals surface area (Å²) < 4.78 is 11.4. The van der Waals surface area contributed by atoms with E-state index in [9.17, 15) is 4.79 Å². The molecule has 5 nitrogen and oxygen atoms in total. The quantitative estimate of drug-likeness (QED) is 0.712. The van der Waals surface area contributed by atoms with E-state index in [4.69, 9.17) is 9.15 Å². The molecule has 1 aliphatic rings. The van der Waals surface area contributed by atoms with Crippen molar-refractivity contribution < 1.29 is 13.9 Å². The summed E-state index contributed by atoms with van der Waals surface area (Å²) in [6, 6.07) is 7.57. The van der Waals surface area contributed by atoms with Gasteiger partial charge in [0.25, 0.3) is 5.91 Å². The fourth-order valence-corrected chi connectivity index (χ4v) is 3.79.